The van der Waals surface area contributed by atoms with Crippen molar-refractivity contribution in [1.29, 1.82) is 0 Å². The van der Waals surface area contributed by atoms with Gasteiger partial charge in [0.1, 0.15) is 5.01 Å². The van der Waals surface area contributed by atoms with E-state index in [4.69, 9.17) is 0 Å². The number of nitrogens with one attached hydrogen (secondary N) is 1. The molecule has 1 N–H and O–H groups in total. The van der Waals surface area contributed by atoms with Crippen molar-refractivity contribution in [3.63, 3.8) is 0 Å². The number of fused-ring (bicyclic) bond motifs is 1. The molecule has 0 aliphatic heterocycles. The van der Waals surface area contributed by atoms with Crippen LogP contribution in [0.25, 0.3) is 11.0 Å². The number of carbonyl (C=O) groups excluding carboxylic acids is 1. The molecular formula is C16H20N6OS. The first-order valence-electron chi connectivity index (χ1n) is 8.02. The summed E-state index contributed by atoms with van der Waals surface area (Å²) in [5.74, 6) is -0.215. The van der Waals surface area contributed by atoms with E-state index in [1.807, 2.05) is 18.5 Å². The van der Waals surface area contributed by atoms with E-state index in [0.29, 0.717) is 10.7 Å². The number of pyridine rings is 1. The summed E-state index contributed by atoms with van der Waals surface area (Å²) in [6.45, 7) is 8.07. The van der Waals surface area contributed by atoms with Crippen molar-refractivity contribution < 1.29 is 4.79 Å². The van der Waals surface area contributed by atoms with Gasteiger partial charge < -0.3 is 0 Å². The Morgan fingerprint density at radius 2 is 2.17 bits per heavy atom. The minimum atomic E-state index is -0.215. The van der Waals surface area contributed by atoms with Crippen LogP contribution in [-0.4, -0.2) is 30.9 Å². The third kappa shape index (κ3) is 3.01. The van der Waals surface area contributed by atoms with Crippen molar-refractivity contribution in [3.05, 3.63) is 28.5 Å². The fraction of sp³-hybridized carbons (Fsp3) is 0.438. The Morgan fingerprint density at radius 3 is 2.83 bits per heavy atom. The molecule has 24 heavy (non-hydrogen) atoms. The summed E-state index contributed by atoms with van der Waals surface area (Å²) in [6.07, 6.45) is 3.45. The van der Waals surface area contributed by atoms with Gasteiger partial charge in [0.2, 0.25) is 5.13 Å². The molecular weight excluding hydrogens is 324 g/mol. The third-order valence-corrected chi connectivity index (χ3v) is 4.92. The average molecular weight is 344 g/mol. The summed E-state index contributed by atoms with van der Waals surface area (Å²) in [5, 5.41) is 17.4. The molecule has 0 aromatic carbocycles. The zero-order valence-corrected chi connectivity index (χ0v) is 15.0. The van der Waals surface area contributed by atoms with Crippen molar-refractivity contribution in [1.82, 2.24) is 25.0 Å². The summed E-state index contributed by atoms with van der Waals surface area (Å²) in [6, 6.07) is 2.00. The van der Waals surface area contributed by atoms with E-state index in [1.54, 1.807) is 12.3 Å². The van der Waals surface area contributed by atoms with Crippen LogP contribution in [0.3, 0.4) is 0 Å². The van der Waals surface area contributed by atoms with Crippen LogP contribution in [-0.2, 0) is 6.42 Å². The number of anilines is 1. The largest absolute Gasteiger partial charge is 0.296 e. The Bertz CT molecular complexity index is 884. The smallest absolute Gasteiger partial charge is 0.258 e. The topological polar surface area (TPSA) is 85.6 Å². The lowest BCUT2D eigenvalue weighted by Crippen LogP contribution is -2.13. The Labute approximate surface area is 144 Å². The van der Waals surface area contributed by atoms with Gasteiger partial charge in [-0.15, -0.1) is 10.2 Å². The summed E-state index contributed by atoms with van der Waals surface area (Å²) < 4.78 is 1.87. The lowest BCUT2D eigenvalue weighted by atomic mass is 10.1. The monoisotopic (exact) mass is 344 g/mol. The highest BCUT2D eigenvalue weighted by Crippen LogP contribution is 2.24. The Kier molecular flexibility index (Phi) is 4.57. The van der Waals surface area contributed by atoms with Crippen LogP contribution in [0.15, 0.2) is 12.3 Å². The Morgan fingerprint density at radius 1 is 1.38 bits per heavy atom. The number of aryl methyl sites for hydroxylation is 2. The van der Waals surface area contributed by atoms with Gasteiger partial charge >= 0.3 is 0 Å². The number of hydrogen-bond acceptors (Lipinski definition) is 6. The SMILES string of the molecule is CCc1nnc(NC(=O)c2cc(C)nc3c2cnn3[C@H](C)CC)s1. The second kappa shape index (κ2) is 6.64. The molecule has 0 unspecified atom stereocenters. The van der Waals surface area contributed by atoms with Gasteiger partial charge in [0.05, 0.1) is 23.2 Å². The molecule has 3 rings (SSSR count). The van der Waals surface area contributed by atoms with Gasteiger partial charge in [0, 0.05) is 5.69 Å². The molecule has 0 bridgehead atoms. The molecule has 0 radical (unpaired) electrons. The molecule has 0 aliphatic rings. The zero-order chi connectivity index (χ0) is 17.3. The van der Waals surface area contributed by atoms with Gasteiger partial charge in [-0.25, -0.2) is 9.67 Å². The van der Waals surface area contributed by atoms with Crippen LogP contribution in [0.1, 0.15) is 54.3 Å². The summed E-state index contributed by atoms with van der Waals surface area (Å²) in [4.78, 5) is 17.3. The lowest BCUT2D eigenvalue weighted by Gasteiger charge is -2.11. The molecule has 3 aromatic rings. The minimum Gasteiger partial charge on any atom is -0.296 e. The highest BCUT2D eigenvalue weighted by atomic mass is 32.1. The van der Waals surface area contributed by atoms with E-state index in [0.717, 1.165) is 34.6 Å². The predicted octanol–water partition coefficient (Wildman–Crippen LogP) is 3.38. The van der Waals surface area contributed by atoms with E-state index in [2.05, 4.69) is 39.4 Å². The molecule has 1 atom stereocenters. The molecule has 3 heterocycles. The minimum absolute atomic E-state index is 0.215. The maximum absolute atomic E-state index is 12.7. The Balaban J connectivity index is 1.99. The van der Waals surface area contributed by atoms with Crippen LogP contribution in [0.2, 0.25) is 0 Å². The fourth-order valence-electron chi connectivity index (χ4n) is 2.44. The van der Waals surface area contributed by atoms with Gasteiger partial charge in [0.15, 0.2) is 5.65 Å². The van der Waals surface area contributed by atoms with Crippen LogP contribution in [0.5, 0.6) is 0 Å². The third-order valence-electron chi connectivity index (χ3n) is 3.94. The van der Waals surface area contributed by atoms with Crippen molar-refractivity contribution in [2.45, 2.75) is 46.6 Å². The molecule has 3 aromatic heterocycles. The maximum atomic E-state index is 12.7. The van der Waals surface area contributed by atoms with Crippen molar-refractivity contribution >= 4 is 33.4 Å². The number of carbonyl (C=O) groups is 1. The van der Waals surface area contributed by atoms with Crippen molar-refractivity contribution in [2.75, 3.05) is 5.32 Å². The molecule has 8 heteroatoms. The van der Waals surface area contributed by atoms with Crippen LogP contribution >= 0.6 is 11.3 Å². The van der Waals surface area contributed by atoms with Crippen LogP contribution in [0, 0.1) is 6.92 Å². The average Bonchev–Trinajstić information content (AvgIpc) is 3.19. The fourth-order valence-corrected chi connectivity index (χ4v) is 3.11. The maximum Gasteiger partial charge on any atom is 0.258 e. The second-order valence-electron chi connectivity index (χ2n) is 5.70. The highest BCUT2D eigenvalue weighted by Gasteiger charge is 2.18. The Hall–Kier alpha value is -2.35. The van der Waals surface area contributed by atoms with Gasteiger partial charge in [0.25, 0.3) is 5.91 Å². The predicted molar refractivity (Wildman–Crippen MR) is 94.5 cm³/mol. The summed E-state index contributed by atoms with van der Waals surface area (Å²) >= 11 is 1.39. The van der Waals surface area contributed by atoms with E-state index in [1.165, 1.54) is 11.3 Å². The van der Waals surface area contributed by atoms with Crippen molar-refractivity contribution in [3.8, 4) is 0 Å². The number of hydrogen-bond donors (Lipinski definition) is 1. The normalized spacial score (nSPS) is 12.5. The standard InChI is InChI=1S/C16H20N6OS/c1-5-10(4)22-14-12(8-17-22)11(7-9(3)18-14)15(23)19-16-21-20-13(6-2)24-16/h7-8,10H,5-6H2,1-4H3,(H,19,21,23)/t10-/m1/s1. The molecule has 0 fully saturated rings. The highest BCUT2D eigenvalue weighted by molar-refractivity contribution is 7.15. The first-order chi connectivity index (χ1) is 11.5. The second-order valence-corrected chi connectivity index (χ2v) is 6.77. The first kappa shape index (κ1) is 16.5. The molecule has 0 spiro atoms. The molecule has 126 valence electrons. The van der Waals surface area contributed by atoms with Crippen molar-refractivity contribution in [2.24, 2.45) is 0 Å². The van der Waals surface area contributed by atoms with Crippen LogP contribution in [0.4, 0.5) is 5.13 Å². The van der Waals surface area contributed by atoms with E-state index in [9.17, 15) is 4.79 Å². The van der Waals surface area contributed by atoms with E-state index < -0.39 is 0 Å². The quantitative estimate of drug-likeness (QED) is 0.767. The lowest BCUT2D eigenvalue weighted by molar-refractivity contribution is 0.102. The molecule has 0 saturated carbocycles. The van der Waals surface area contributed by atoms with E-state index >= 15 is 0 Å². The summed E-state index contributed by atoms with van der Waals surface area (Å²) in [7, 11) is 0. The van der Waals surface area contributed by atoms with Gasteiger partial charge in [-0.1, -0.05) is 25.2 Å². The van der Waals surface area contributed by atoms with Gasteiger partial charge in [-0.2, -0.15) is 5.10 Å². The number of rotatable bonds is 5. The summed E-state index contributed by atoms with van der Waals surface area (Å²) in [5.41, 5.74) is 2.07. The van der Waals surface area contributed by atoms with E-state index in [-0.39, 0.29) is 11.9 Å². The number of amides is 1. The van der Waals surface area contributed by atoms with Crippen LogP contribution < -0.4 is 5.32 Å². The first-order valence-corrected chi connectivity index (χ1v) is 8.83. The zero-order valence-electron chi connectivity index (χ0n) is 14.2. The van der Waals surface area contributed by atoms with Gasteiger partial charge in [-0.05, 0) is 32.8 Å². The number of aromatic nitrogens is 5. The molecule has 1 amide bonds. The molecule has 0 saturated heterocycles. The number of nitrogens with zero attached hydrogens (tertiary/aromatic N) is 5. The molecule has 0 aliphatic carbocycles. The molecule has 7 nitrogen and oxygen atoms in total. The van der Waals surface area contributed by atoms with Gasteiger partial charge in [-0.3, -0.25) is 10.1 Å².